The second kappa shape index (κ2) is 9.87. The molecule has 0 aliphatic rings. The molecule has 1 nitrogen and oxygen atoms in total. The van der Waals surface area contributed by atoms with Crippen molar-refractivity contribution in [2.75, 3.05) is 7.11 Å². The Kier molecular flexibility index (Phi) is 7.25. The van der Waals surface area contributed by atoms with Gasteiger partial charge in [-0.3, -0.25) is 0 Å². The molecule has 0 atom stereocenters. The highest BCUT2D eigenvalue weighted by Crippen LogP contribution is 2.59. The predicted molar refractivity (Wildman–Crippen MR) is 122 cm³/mol. The number of halogens is 1. The molecule has 4 aromatic rings. The van der Waals surface area contributed by atoms with E-state index in [0.29, 0.717) is 0 Å². The SMILES string of the molecule is COc1ccccc1[P+](Cc1ccccc1)(c1ccccc1)c1ccccc1.[Br-]. The van der Waals surface area contributed by atoms with Gasteiger partial charge in [0.15, 0.2) is 5.75 Å². The van der Waals surface area contributed by atoms with E-state index in [1.807, 2.05) is 0 Å². The maximum atomic E-state index is 5.86. The first-order valence-corrected chi connectivity index (χ1v) is 11.5. The van der Waals surface area contributed by atoms with Gasteiger partial charge in [-0.15, -0.1) is 0 Å². The number of rotatable bonds is 6. The molecule has 0 bridgehead atoms. The molecule has 0 aromatic heterocycles. The second-order valence-electron chi connectivity index (χ2n) is 6.80. The van der Waals surface area contributed by atoms with E-state index in [1.165, 1.54) is 21.5 Å². The lowest BCUT2D eigenvalue weighted by molar-refractivity contribution is -0.00000575. The minimum atomic E-state index is -1.95. The largest absolute Gasteiger partial charge is 1.00 e. The zero-order valence-electron chi connectivity index (χ0n) is 16.4. The first-order chi connectivity index (χ1) is 13.8. The van der Waals surface area contributed by atoms with Crippen LogP contribution in [0.15, 0.2) is 115 Å². The van der Waals surface area contributed by atoms with Gasteiger partial charge in [0.1, 0.15) is 23.2 Å². The van der Waals surface area contributed by atoms with Crippen molar-refractivity contribution in [3.63, 3.8) is 0 Å². The van der Waals surface area contributed by atoms with Crippen LogP contribution >= 0.6 is 7.26 Å². The van der Waals surface area contributed by atoms with Crippen molar-refractivity contribution in [3.05, 3.63) is 121 Å². The van der Waals surface area contributed by atoms with Gasteiger partial charge in [0.05, 0.1) is 13.3 Å². The topological polar surface area (TPSA) is 9.23 Å². The van der Waals surface area contributed by atoms with E-state index in [9.17, 15) is 0 Å². The Balaban J connectivity index is 0.00000240. The summed E-state index contributed by atoms with van der Waals surface area (Å²) in [6, 6.07) is 41.2. The summed E-state index contributed by atoms with van der Waals surface area (Å²) in [5.74, 6) is 0.958. The highest BCUT2D eigenvalue weighted by Gasteiger charge is 2.47. The van der Waals surface area contributed by atoms with Crippen molar-refractivity contribution in [2.45, 2.75) is 6.16 Å². The van der Waals surface area contributed by atoms with Crippen molar-refractivity contribution in [2.24, 2.45) is 0 Å². The number of hydrogen-bond acceptors (Lipinski definition) is 1. The lowest BCUT2D eigenvalue weighted by Gasteiger charge is -2.29. The van der Waals surface area contributed by atoms with Gasteiger partial charge in [-0.2, -0.15) is 0 Å². The Morgan fingerprint density at radius 1 is 0.586 bits per heavy atom. The van der Waals surface area contributed by atoms with Crippen molar-refractivity contribution in [1.29, 1.82) is 0 Å². The van der Waals surface area contributed by atoms with Crippen molar-refractivity contribution >= 4 is 23.2 Å². The van der Waals surface area contributed by atoms with Crippen LogP contribution in [0.25, 0.3) is 0 Å². The molecule has 0 saturated heterocycles. The number of methoxy groups -OCH3 is 1. The van der Waals surface area contributed by atoms with Crippen LogP contribution in [-0.2, 0) is 6.16 Å². The molecule has 0 amide bonds. The average molecular weight is 463 g/mol. The molecule has 0 aliphatic heterocycles. The van der Waals surface area contributed by atoms with E-state index in [0.717, 1.165) is 11.9 Å². The zero-order valence-corrected chi connectivity index (χ0v) is 18.9. The number of hydrogen-bond donors (Lipinski definition) is 0. The second-order valence-corrected chi connectivity index (χ2v) is 10.2. The van der Waals surface area contributed by atoms with Crippen LogP contribution in [0.1, 0.15) is 5.56 Å². The van der Waals surface area contributed by atoms with Gasteiger partial charge in [-0.25, -0.2) is 0 Å². The first kappa shape index (κ1) is 21.3. The quantitative estimate of drug-likeness (QED) is 0.399. The molecule has 29 heavy (non-hydrogen) atoms. The van der Waals surface area contributed by atoms with Gasteiger partial charge in [0, 0.05) is 0 Å². The Morgan fingerprint density at radius 3 is 1.55 bits per heavy atom. The number of para-hydroxylation sites is 1. The Labute approximate surface area is 184 Å². The Hall–Kier alpha value is -2.41. The number of ether oxygens (including phenoxy) is 1. The minimum Gasteiger partial charge on any atom is -1.00 e. The monoisotopic (exact) mass is 462 g/mol. The van der Waals surface area contributed by atoms with Crippen LogP contribution in [-0.4, -0.2) is 7.11 Å². The average Bonchev–Trinajstić information content (AvgIpc) is 2.79. The van der Waals surface area contributed by atoms with E-state index in [4.69, 9.17) is 4.74 Å². The molecule has 0 heterocycles. The van der Waals surface area contributed by atoms with Crippen molar-refractivity contribution < 1.29 is 21.7 Å². The standard InChI is InChI=1S/C26H24OP.BrH/c1-27-25-19-11-12-20-26(25)28(23-15-7-3-8-16-23,24-17-9-4-10-18-24)21-22-13-5-2-6-14-22;/h2-20H,21H2,1H3;1H/q+1;/p-1. The van der Waals surface area contributed by atoms with E-state index in [2.05, 4.69) is 115 Å². The molecule has 146 valence electrons. The minimum absolute atomic E-state index is 0. The van der Waals surface area contributed by atoms with Crippen LogP contribution in [0, 0.1) is 0 Å². The van der Waals surface area contributed by atoms with Crippen molar-refractivity contribution in [1.82, 2.24) is 0 Å². The van der Waals surface area contributed by atoms with Crippen LogP contribution in [0.3, 0.4) is 0 Å². The third-order valence-corrected chi connectivity index (χ3v) is 9.54. The van der Waals surface area contributed by atoms with Crippen LogP contribution < -0.4 is 37.6 Å². The highest BCUT2D eigenvalue weighted by molar-refractivity contribution is 7.95. The molecule has 0 saturated carbocycles. The van der Waals surface area contributed by atoms with E-state index < -0.39 is 7.26 Å². The molecular weight excluding hydrogens is 439 g/mol. The summed E-state index contributed by atoms with van der Waals surface area (Å²) in [5, 5.41) is 4.03. The number of benzene rings is 4. The first-order valence-electron chi connectivity index (χ1n) is 9.51. The summed E-state index contributed by atoms with van der Waals surface area (Å²) in [5.41, 5.74) is 1.34. The van der Waals surface area contributed by atoms with Crippen LogP contribution in [0.4, 0.5) is 0 Å². The van der Waals surface area contributed by atoms with E-state index in [1.54, 1.807) is 7.11 Å². The molecule has 4 aromatic carbocycles. The Bertz CT molecular complexity index is 981. The third-order valence-electron chi connectivity index (χ3n) is 5.15. The molecule has 0 fully saturated rings. The van der Waals surface area contributed by atoms with Gasteiger partial charge < -0.3 is 21.7 Å². The molecule has 0 aliphatic carbocycles. The fraction of sp³-hybridized carbons (Fsp3) is 0.0769. The normalized spacial score (nSPS) is 10.8. The summed E-state index contributed by atoms with van der Waals surface area (Å²) in [4.78, 5) is 0. The van der Waals surface area contributed by atoms with Crippen LogP contribution in [0.2, 0.25) is 0 Å². The summed E-state index contributed by atoms with van der Waals surface area (Å²) < 4.78 is 5.86. The highest BCUT2D eigenvalue weighted by atomic mass is 79.9. The fourth-order valence-corrected chi connectivity index (χ4v) is 8.26. The predicted octanol–water partition coefficient (Wildman–Crippen LogP) is 2.19. The molecular formula is C26H24BrOP. The lowest BCUT2D eigenvalue weighted by Crippen LogP contribution is -3.00. The molecule has 0 spiro atoms. The van der Waals surface area contributed by atoms with Crippen molar-refractivity contribution in [3.8, 4) is 5.75 Å². The van der Waals surface area contributed by atoms with Gasteiger partial charge in [-0.05, 0) is 42.0 Å². The summed E-state index contributed by atoms with van der Waals surface area (Å²) in [6.07, 6.45) is 0.961. The maximum Gasteiger partial charge on any atom is 0.161 e. The van der Waals surface area contributed by atoms with Gasteiger partial charge in [0.2, 0.25) is 0 Å². The fourth-order valence-electron chi connectivity index (χ4n) is 3.86. The molecule has 3 heteroatoms. The van der Waals surface area contributed by atoms with Gasteiger partial charge in [-0.1, -0.05) is 78.9 Å². The lowest BCUT2D eigenvalue weighted by atomic mass is 10.2. The summed E-state index contributed by atoms with van der Waals surface area (Å²) in [6.45, 7) is 0. The smallest absolute Gasteiger partial charge is 0.161 e. The van der Waals surface area contributed by atoms with Gasteiger partial charge in [0.25, 0.3) is 0 Å². The van der Waals surface area contributed by atoms with E-state index in [-0.39, 0.29) is 17.0 Å². The molecule has 0 radical (unpaired) electrons. The third kappa shape index (κ3) is 4.29. The zero-order chi connectivity index (χ0) is 19.2. The molecule has 4 rings (SSSR count). The van der Waals surface area contributed by atoms with Gasteiger partial charge >= 0.3 is 0 Å². The summed E-state index contributed by atoms with van der Waals surface area (Å²) in [7, 11) is -0.184. The Morgan fingerprint density at radius 2 is 1.03 bits per heavy atom. The maximum absolute atomic E-state index is 5.86. The van der Waals surface area contributed by atoms with E-state index >= 15 is 0 Å². The summed E-state index contributed by atoms with van der Waals surface area (Å²) >= 11 is 0. The van der Waals surface area contributed by atoms with Crippen LogP contribution in [0.5, 0.6) is 5.75 Å². The molecule has 0 unspecified atom stereocenters. The molecule has 0 N–H and O–H groups in total.